The van der Waals surface area contributed by atoms with Crippen molar-refractivity contribution in [2.45, 2.75) is 44.3 Å². The predicted molar refractivity (Wildman–Crippen MR) is 167 cm³/mol. The van der Waals surface area contributed by atoms with Crippen LogP contribution in [0.5, 0.6) is 5.75 Å². The zero-order chi connectivity index (χ0) is 34.5. The Morgan fingerprint density at radius 1 is 0.854 bits per heavy atom. The van der Waals surface area contributed by atoms with Gasteiger partial charge in [-0.1, -0.05) is 12.1 Å². The molecule has 9 nitrogen and oxygen atoms in total. The first-order chi connectivity index (χ1) is 22.8. The van der Waals surface area contributed by atoms with E-state index in [0.717, 1.165) is 56.1 Å². The first kappa shape index (κ1) is 34.8. The van der Waals surface area contributed by atoms with Crippen LogP contribution in [0.25, 0.3) is 0 Å². The van der Waals surface area contributed by atoms with Gasteiger partial charge in [-0.25, -0.2) is 0 Å². The van der Waals surface area contributed by atoms with E-state index in [-0.39, 0.29) is 24.2 Å². The van der Waals surface area contributed by atoms with Crippen LogP contribution in [0.4, 0.5) is 43.4 Å². The summed E-state index contributed by atoms with van der Waals surface area (Å²) in [6.45, 7) is 4.80. The molecule has 2 aliphatic rings. The fourth-order valence-electron chi connectivity index (χ4n) is 5.87. The van der Waals surface area contributed by atoms with Crippen molar-refractivity contribution < 1.29 is 40.8 Å². The number of rotatable bonds is 10. The summed E-state index contributed by atoms with van der Waals surface area (Å²) in [4.78, 5) is 29.1. The maximum absolute atomic E-state index is 13.3. The van der Waals surface area contributed by atoms with Gasteiger partial charge < -0.3 is 19.9 Å². The number of carbonyl (C=O) groups is 1. The highest BCUT2D eigenvalue weighted by atomic mass is 19.4. The van der Waals surface area contributed by atoms with Crippen LogP contribution in [0.3, 0.4) is 0 Å². The van der Waals surface area contributed by atoms with Gasteiger partial charge in [0.2, 0.25) is 5.91 Å². The second-order valence-electron chi connectivity index (χ2n) is 11.8. The van der Waals surface area contributed by atoms with E-state index >= 15 is 0 Å². The third-order valence-electron chi connectivity index (χ3n) is 8.62. The lowest BCUT2D eigenvalue weighted by Crippen LogP contribution is -2.48. The number of piperazine rings is 1. The molecule has 0 aromatic heterocycles. The fraction of sp³-hybridized carbons (Fsp3) is 0.424. The van der Waals surface area contributed by atoms with E-state index in [2.05, 4.69) is 15.1 Å². The molecule has 15 heteroatoms. The number of hydrogen-bond acceptors (Lipinski definition) is 7. The summed E-state index contributed by atoms with van der Waals surface area (Å²) in [6.07, 6.45) is -7.78. The van der Waals surface area contributed by atoms with Crippen molar-refractivity contribution in [3.8, 4) is 5.75 Å². The SMILES string of the molecule is O=C(CCN1CCN(c2ccc(OCc3ccc(C(F)(F)F)cc3)cc2)CC1)N1CCC(Nc2ccc([N+](=O)[O-])c(C(F)(F)F)c2)CC1. The number of ether oxygens (including phenoxy) is 1. The smallest absolute Gasteiger partial charge is 0.423 e. The van der Waals surface area contributed by atoms with Gasteiger partial charge in [-0.05, 0) is 66.9 Å². The van der Waals surface area contributed by atoms with Crippen molar-refractivity contribution in [3.05, 3.63) is 93.5 Å². The van der Waals surface area contributed by atoms with Gasteiger partial charge in [-0.3, -0.25) is 19.8 Å². The van der Waals surface area contributed by atoms with Crippen LogP contribution in [-0.2, 0) is 23.8 Å². The summed E-state index contributed by atoms with van der Waals surface area (Å²) in [6, 6.07) is 15.1. The number of piperidine rings is 1. The summed E-state index contributed by atoms with van der Waals surface area (Å²) in [7, 11) is 0. The zero-order valence-electron chi connectivity index (χ0n) is 25.9. The summed E-state index contributed by atoms with van der Waals surface area (Å²) in [5.41, 5.74) is -1.19. The fourth-order valence-corrected chi connectivity index (χ4v) is 5.87. The maximum Gasteiger partial charge on any atom is 0.423 e. The summed E-state index contributed by atoms with van der Waals surface area (Å²) in [5.74, 6) is 0.634. The molecule has 2 saturated heterocycles. The van der Waals surface area contributed by atoms with Crippen molar-refractivity contribution in [2.75, 3.05) is 56.0 Å². The maximum atomic E-state index is 13.3. The first-order valence-electron chi connectivity index (χ1n) is 15.5. The largest absolute Gasteiger partial charge is 0.489 e. The second kappa shape index (κ2) is 14.7. The van der Waals surface area contributed by atoms with E-state index in [0.29, 0.717) is 50.2 Å². The van der Waals surface area contributed by atoms with Crippen LogP contribution in [0.2, 0.25) is 0 Å². The van der Waals surface area contributed by atoms with E-state index < -0.39 is 34.1 Å². The second-order valence-corrected chi connectivity index (χ2v) is 11.8. The van der Waals surface area contributed by atoms with Gasteiger partial charge in [0.25, 0.3) is 5.69 Å². The van der Waals surface area contributed by atoms with E-state index in [4.69, 9.17) is 4.74 Å². The molecule has 2 fully saturated rings. The molecule has 258 valence electrons. The number of alkyl halides is 6. The molecule has 2 heterocycles. The number of likely N-dealkylation sites (tertiary alicyclic amines) is 1. The molecule has 48 heavy (non-hydrogen) atoms. The number of nitrogens with zero attached hydrogens (tertiary/aromatic N) is 4. The molecule has 0 spiro atoms. The lowest BCUT2D eigenvalue weighted by atomic mass is 10.0. The van der Waals surface area contributed by atoms with Crippen LogP contribution in [0.15, 0.2) is 66.7 Å². The molecule has 3 aromatic carbocycles. The Hall–Kier alpha value is -4.53. The Morgan fingerprint density at radius 3 is 2.08 bits per heavy atom. The van der Waals surface area contributed by atoms with Crippen LogP contribution in [0, 0.1) is 10.1 Å². The van der Waals surface area contributed by atoms with E-state index in [9.17, 15) is 41.3 Å². The Morgan fingerprint density at radius 2 is 1.50 bits per heavy atom. The molecule has 1 N–H and O–H groups in total. The van der Waals surface area contributed by atoms with Crippen molar-refractivity contribution >= 4 is 23.0 Å². The molecule has 0 unspecified atom stereocenters. The Bertz CT molecular complexity index is 1550. The molecule has 0 atom stereocenters. The Labute approximate surface area is 273 Å². The molecule has 5 rings (SSSR count). The molecule has 3 aromatic rings. The summed E-state index contributed by atoms with van der Waals surface area (Å²) < 4.78 is 83.9. The van der Waals surface area contributed by atoms with Crippen molar-refractivity contribution in [2.24, 2.45) is 0 Å². The highest BCUT2D eigenvalue weighted by molar-refractivity contribution is 5.76. The number of nitrogens with one attached hydrogen (secondary N) is 1. The van der Waals surface area contributed by atoms with Gasteiger partial charge in [0.1, 0.15) is 17.9 Å². The van der Waals surface area contributed by atoms with Crippen molar-refractivity contribution in [3.63, 3.8) is 0 Å². The monoisotopic (exact) mass is 679 g/mol. The van der Waals surface area contributed by atoms with Crippen LogP contribution < -0.4 is 15.0 Å². The Kier molecular flexibility index (Phi) is 10.7. The Balaban J connectivity index is 1.00. The number of amides is 1. The lowest BCUT2D eigenvalue weighted by Gasteiger charge is -2.37. The summed E-state index contributed by atoms with van der Waals surface area (Å²) >= 11 is 0. The van der Waals surface area contributed by atoms with Gasteiger partial charge in [0.05, 0.1) is 10.5 Å². The number of hydrogen-bond donors (Lipinski definition) is 1. The topological polar surface area (TPSA) is 91.2 Å². The zero-order valence-corrected chi connectivity index (χ0v) is 25.9. The predicted octanol–water partition coefficient (Wildman–Crippen LogP) is 6.83. The summed E-state index contributed by atoms with van der Waals surface area (Å²) in [5, 5.41) is 14.0. The standard InChI is InChI=1S/C33H35F6N5O4/c34-32(35,36)24-3-1-23(2-4-24)22-48-28-8-6-27(7-9-28)42-19-17-41(18-20-42)14-13-31(45)43-15-11-25(12-16-43)40-26-5-10-30(44(46)47)29(21-26)33(37,38)39/h1-10,21,25,40H,11-20,22H2. The molecule has 2 aliphatic heterocycles. The van der Waals surface area contributed by atoms with E-state index in [1.54, 1.807) is 4.90 Å². The molecular formula is C33H35F6N5O4. The minimum absolute atomic E-state index is 0.0254. The quantitative estimate of drug-likeness (QED) is 0.143. The molecular weight excluding hydrogens is 644 g/mol. The third-order valence-corrected chi connectivity index (χ3v) is 8.62. The van der Waals surface area contributed by atoms with Crippen LogP contribution in [0.1, 0.15) is 36.0 Å². The average molecular weight is 680 g/mol. The highest BCUT2D eigenvalue weighted by Crippen LogP contribution is 2.38. The van der Waals surface area contributed by atoms with Gasteiger partial charge in [-0.15, -0.1) is 0 Å². The average Bonchev–Trinajstić information content (AvgIpc) is 3.06. The number of carbonyl (C=O) groups excluding carboxylic acids is 1. The third kappa shape index (κ3) is 9.08. The van der Waals surface area contributed by atoms with Crippen molar-refractivity contribution in [1.29, 1.82) is 0 Å². The molecule has 0 bridgehead atoms. The highest BCUT2D eigenvalue weighted by Gasteiger charge is 2.38. The number of nitro groups is 1. The number of anilines is 2. The molecule has 0 saturated carbocycles. The van der Waals surface area contributed by atoms with Gasteiger partial charge in [0.15, 0.2) is 0 Å². The van der Waals surface area contributed by atoms with Crippen LogP contribution in [-0.4, -0.2) is 72.5 Å². The number of nitro benzene ring substituents is 1. The van der Waals surface area contributed by atoms with E-state index in [1.807, 2.05) is 24.3 Å². The molecule has 0 radical (unpaired) electrons. The van der Waals surface area contributed by atoms with Gasteiger partial charge in [-0.2, -0.15) is 26.3 Å². The van der Waals surface area contributed by atoms with E-state index in [1.165, 1.54) is 18.2 Å². The molecule has 0 aliphatic carbocycles. The minimum atomic E-state index is -4.85. The number of benzene rings is 3. The van der Waals surface area contributed by atoms with Gasteiger partial charge >= 0.3 is 12.4 Å². The van der Waals surface area contributed by atoms with Gasteiger partial charge in [0, 0.05) is 75.7 Å². The van der Waals surface area contributed by atoms with Crippen LogP contribution >= 0.6 is 0 Å². The first-order valence-corrected chi connectivity index (χ1v) is 15.5. The lowest BCUT2D eigenvalue weighted by molar-refractivity contribution is -0.388. The van der Waals surface area contributed by atoms with Crippen molar-refractivity contribution in [1.82, 2.24) is 9.80 Å². The molecule has 1 amide bonds. The normalized spacial score (nSPS) is 16.5. The number of halogens is 6. The minimum Gasteiger partial charge on any atom is -0.489 e.